The van der Waals surface area contributed by atoms with Crippen molar-refractivity contribution in [3.8, 4) is 0 Å². The van der Waals surface area contributed by atoms with E-state index < -0.39 is 4.92 Å². The third-order valence-corrected chi connectivity index (χ3v) is 6.59. The summed E-state index contributed by atoms with van der Waals surface area (Å²) in [4.78, 5) is 22.7. The van der Waals surface area contributed by atoms with Gasteiger partial charge in [-0.15, -0.1) is 22.0 Å². The molecule has 12 heteroatoms. The molecule has 0 bridgehead atoms. The summed E-state index contributed by atoms with van der Waals surface area (Å²) in [6, 6.07) is 10.2. The molecule has 2 aromatic carbocycles. The Labute approximate surface area is 197 Å². The van der Waals surface area contributed by atoms with Gasteiger partial charge in [0.05, 0.1) is 27.1 Å². The summed E-state index contributed by atoms with van der Waals surface area (Å²) in [5.41, 5.74) is 1.04. The first-order valence-corrected chi connectivity index (χ1v) is 12.0. The van der Waals surface area contributed by atoms with Crippen LogP contribution in [0.5, 0.6) is 0 Å². The number of nitrogens with one attached hydrogen (secondary N) is 1. The fourth-order valence-corrected chi connectivity index (χ4v) is 4.64. The zero-order chi connectivity index (χ0) is 23.1. The topological polar surface area (TPSA) is 103 Å². The van der Waals surface area contributed by atoms with E-state index in [1.807, 2.05) is 11.5 Å². The first-order valence-electron chi connectivity index (χ1n) is 9.48. The molecule has 0 spiro atoms. The van der Waals surface area contributed by atoms with Crippen molar-refractivity contribution in [3.63, 3.8) is 0 Å². The Hall–Kier alpha value is -2.63. The number of nitro benzene ring substituents is 1. The molecule has 1 aromatic heterocycles. The predicted molar refractivity (Wildman–Crippen MR) is 125 cm³/mol. The molecule has 3 rings (SSSR count). The van der Waals surface area contributed by atoms with Gasteiger partial charge in [0, 0.05) is 24.4 Å². The van der Waals surface area contributed by atoms with Crippen LogP contribution in [0.25, 0.3) is 0 Å². The Morgan fingerprint density at radius 3 is 2.66 bits per heavy atom. The molecule has 0 saturated carbocycles. The molecule has 32 heavy (non-hydrogen) atoms. The third-order valence-electron chi connectivity index (χ3n) is 4.29. The minimum atomic E-state index is -0.555. The highest BCUT2D eigenvalue weighted by molar-refractivity contribution is 7.99. The second kappa shape index (κ2) is 11.3. The average molecular weight is 496 g/mol. The summed E-state index contributed by atoms with van der Waals surface area (Å²) in [6.07, 6.45) is 0. The number of carbonyl (C=O) groups excluding carboxylic acids is 1. The number of anilines is 1. The Morgan fingerprint density at radius 1 is 1.22 bits per heavy atom. The van der Waals surface area contributed by atoms with Gasteiger partial charge in [-0.05, 0) is 30.7 Å². The third kappa shape index (κ3) is 6.44. The molecule has 168 valence electrons. The molecule has 0 saturated heterocycles. The zero-order valence-electron chi connectivity index (χ0n) is 17.0. The quantitative estimate of drug-likeness (QED) is 0.235. The van der Waals surface area contributed by atoms with Crippen molar-refractivity contribution in [2.75, 3.05) is 11.1 Å². The number of thioether (sulfide) groups is 2. The average Bonchev–Trinajstić information content (AvgIpc) is 3.16. The van der Waals surface area contributed by atoms with E-state index in [4.69, 9.17) is 11.6 Å². The van der Waals surface area contributed by atoms with Crippen LogP contribution in [-0.2, 0) is 22.8 Å². The lowest BCUT2D eigenvalue weighted by Gasteiger charge is -2.09. The van der Waals surface area contributed by atoms with Gasteiger partial charge < -0.3 is 9.88 Å². The minimum Gasteiger partial charge on any atom is -0.324 e. The van der Waals surface area contributed by atoms with Crippen LogP contribution >= 0.6 is 35.1 Å². The van der Waals surface area contributed by atoms with E-state index in [-0.39, 0.29) is 33.9 Å². The SMILES string of the molecule is CCn1c(CSCc2ccc(F)cc2)nnc1SCC(=O)Nc1cc([N+](=O)[O-])ccc1Cl. The molecule has 0 fully saturated rings. The number of nitrogens with zero attached hydrogens (tertiary/aromatic N) is 4. The molecule has 1 N–H and O–H groups in total. The number of hydrogen-bond acceptors (Lipinski definition) is 7. The van der Waals surface area contributed by atoms with Gasteiger partial charge in [0.25, 0.3) is 5.69 Å². The number of nitro groups is 1. The van der Waals surface area contributed by atoms with Crippen molar-refractivity contribution >= 4 is 52.4 Å². The van der Waals surface area contributed by atoms with E-state index >= 15 is 0 Å². The van der Waals surface area contributed by atoms with Gasteiger partial charge >= 0.3 is 0 Å². The first-order chi connectivity index (χ1) is 15.4. The smallest absolute Gasteiger partial charge is 0.271 e. The number of rotatable bonds is 10. The molecule has 1 amide bonds. The number of amides is 1. The number of halogens is 2. The zero-order valence-corrected chi connectivity index (χ0v) is 19.3. The van der Waals surface area contributed by atoms with Gasteiger partial charge in [0.2, 0.25) is 5.91 Å². The Morgan fingerprint density at radius 2 is 1.97 bits per heavy atom. The summed E-state index contributed by atoms with van der Waals surface area (Å²) < 4.78 is 14.9. The lowest BCUT2D eigenvalue weighted by Crippen LogP contribution is -2.15. The number of hydrogen-bond donors (Lipinski definition) is 1. The molecule has 0 aliphatic rings. The van der Waals surface area contributed by atoms with Gasteiger partial charge in [-0.2, -0.15) is 0 Å². The van der Waals surface area contributed by atoms with Gasteiger partial charge in [0.1, 0.15) is 11.6 Å². The Kier molecular flexibility index (Phi) is 8.48. The lowest BCUT2D eigenvalue weighted by molar-refractivity contribution is -0.384. The van der Waals surface area contributed by atoms with Crippen molar-refractivity contribution in [2.24, 2.45) is 0 Å². The van der Waals surface area contributed by atoms with E-state index in [1.54, 1.807) is 23.9 Å². The van der Waals surface area contributed by atoms with E-state index in [1.165, 1.54) is 42.1 Å². The summed E-state index contributed by atoms with van der Waals surface area (Å²) in [5, 5.41) is 22.7. The summed E-state index contributed by atoms with van der Waals surface area (Å²) in [6.45, 7) is 2.60. The highest BCUT2D eigenvalue weighted by atomic mass is 35.5. The Bertz CT molecular complexity index is 1110. The maximum atomic E-state index is 13.0. The van der Waals surface area contributed by atoms with Crippen molar-refractivity contribution in [1.82, 2.24) is 14.8 Å². The normalized spacial score (nSPS) is 10.8. The summed E-state index contributed by atoms with van der Waals surface area (Å²) >= 11 is 8.87. The number of carbonyl (C=O) groups is 1. The van der Waals surface area contributed by atoms with Gasteiger partial charge in [-0.25, -0.2) is 4.39 Å². The van der Waals surface area contributed by atoms with Crippen molar-refractivity contribution in [3.05, 3.63) is 74.8 Å². The lowest BCUT2D eigenvalue weighted by atomic mass is 10.2. The second-order valence-electron chi connectivity index (χ2n) is 6.52. The van der Waals surface area contributed by atoms with Crippen LogP contribution in [-0.4, -0.2) is 31.3 Å². The molecule has 0 atom stereocenters. The molecule has 3 aromatic rings. The van der Waals surface area contributed by atoms with Gasteiger partial charge in [-0.3, -0.25) is 14.9 Å². The monoisotopic (exact) mass is 495 g/mol. The molecule has 8 nitrogen and oxygen atoms in total. The van der Waals surface area contributed by atoms with Crippen molar-refractivity contribution in [2.45, 2.75) is 30.1 Å². The summed E-state index contributed by atoms with van der Waals surface area (Å²) in [5.74, 6) is 1.53. The largest absolute Gasteiger partial charge is 0.324 e. The second-order valence-corrected chi connectivity index (χ2v) is 8.86. The molecule has 0 unspecified atom stereocenters. The molecule has 0 radical (unpaired) electrons. The van der Waals surface area contributed by atoms with Crippen LogP contribution in [0.3, 0.4) is 0 Å². The first kappa shape index (κ1) is 24.0. The highest BCUT2D eigenvalue weighted by Gasteiger charge is 2.15. The van der Waals surface area contributed by atoms with E-state index in [2.05, 4.69) is 15.5 Å². The standard InChI is InChI=1S/C20H19ClFN5O3S2/c1-2-26-18(11-31-10-13-3-5-14(22)6-4-13)24-25-20(26)32-12-19(28)23-17-9-15(27(29)30)7-8-16(17)21/h3-9H,2,10-12H2,1H3,(H,23,28). The fourth-order valence-electron chi connectivity index (χ4n) is 2.73. The molecule has 0 aliphatic carbocycles. The van der Waals surface area contributed by atoms with Crippen LogP contribution in [0, 0.1) is 15.9 Å². The van der Waals surface area contributed by atoms with E-state index in [9.17, 15) is 19.3 Å². The van der Waals surface area contributed by atoms with Gasteiger partial charge in [-0.1, -0.05) is 35.5 Å². The number of benzene rings is 2. The molecular formula is C20H19ClFN5O3S2. The highest BCUT2D eigenvalue weighted by Crippen LogP contribution is 2.27. The van der Waals surface area contributed by atoms with E-state index in [0.29, 0.717) is 23.2 Å². The predicted octanol–water partition coefficient (Wildman–Crippen LogP) is 5.16. The van der Waals surface area contributed by atoms with Crippen LogP contribution in [0.1, 0.15) is 18.3 Å². The molecule has 0 aliphatic heterocycles. The van der Waals surface area contributed by atoms with Crippen LogP contribution in [0.2, 0.25) is 5.02 Å². The number of aromatic nitrogens is 3. The van der Waals surface area contributed by atoms with E-state index in [0.717, 1.165) is 11.4 Å². The van der Waals surface area contributed by atoms with Crippen LogP contribution in [0.15, 0.2) is 47.6 Å². The molecule has 1 heterocycles. The van der Waals surface area contributed by atoms with Crippen molar-refractivity contribution in [1.29, 1.82) is 0 Å². The maximum absolute atomic E-state index is 13.0. The van der Waals surface area contributed by atoms with Gasteiger partial charge in [0.15, 0.2) is 5.16 Å². The minimum absolute atomic E-state index is 0.0415. The maximum Gasteiger partial charge on any atom is 0.271 e. The molecular weight excluding hydrogens is 477 g/mol. The van der Waals surface area contributed by atoms with Crippen molar-refractivity contribution < 1.29 is 14.1 Å². The fraction of sp³-hybridized carbons (Fsp3) is 0.250. The Balaban J connectivity index is 1.55. The van der Waals surface area contributed by atoms with Crippen LogP contribution < -0.4 is 5.32 Å². The summed E-state index contributed by atoms with van der Waals surface area (Å²) in [7, 11) is 0. The van der Waals surface area contributed by atoms with Crippen LogP contribution in [0.4, 0.5) is 15.8 Å². The number of non-ortho nitro benzene ring substituents is 1.